The quantitative estimate of drug-likeness (QED) is 0.481. The summed E-state index contributed by atoms with van der Waals surface area (Å²) in [6.07, 6.45) is 0.833. The van der Waals surface area contributed by atoms with E-state index in [0.29, 0.717) is 0 Å². The second kappa shape index (κ2) is 6.76. The van der Waals surface area contributed by atoms with Crippen molar-refractivity contribution in [2.75, 3.05) is 0 Å². The first-order valence-electron chi connectivity index (χ1n) is 2.75. The number of aliphatic carboxylic acids is 2. The Morgan fingerprint density at radius 3 is 1.73 bits per heavy atom. The van der Waals surface area contributed by atoms with Gasteiger partial charge in [-0.1, -0.05) is 6.58 Å². The molecule has 0 aromatic rings. The van der Waals surface area contributed by atoms with Crippen LogP contribution in [0.2, 0.25) is 0 Å². The normalized spacial score (nSPS) is 10.4. The Morgan fingerprint density at radius 2 is 1.73 bits per heavy atom. The van der Waals surface area contributed by atoms with Crippen LogP contribution in [0.25, 0.3) is 0 Å². The third-order valence-corrected chi connectivity index (χ3v) is 0.564. The highest BCUT2D eigenvalue weighted by Gasteiger charge is 1.99. The molecule has 5 heteroatoms. The summed E-state index contributed by atoms with van der Waals surface area (Å²) >= 11 is 0. The molecular weight excluding hydrogens is 150 g/mol. The largest absolute Gasteiger partial charge is 0.480 e. The molecule has 0 aliphatic carbocycles. The zero-order valence-electron chi connectivity index (χ0n) is 6.15. The standard InChI is InChI=1S/C3H7NO2.C3H4O2/c1-2(4)3(5)6;1-2-3(4)5/h2H,4H2,1H3,(H,5,6);2H,1H2,(H,4,5)/t2-;/m0./s1. The van der Waals surface area contributed by atoms with E-state index >= 15 is 0 Å². The minimum absolute atomic E-state index is 0.731. The Hall–Kier alpha value is -1.36. The number of carboxylic acid groups (broad SMARTS) is 2. The Bertz CT molecular complexity index is 153. The minimum Gasteiger partial charge on any atom is -0.480 e. The first-order valence-corrected chi connectivity index (χ1v) is 2.75. The molecule has 0 amide bonds. The van der Waals surface area contributed by atoms with Crippen molar-refractivity contribution in [2.45, 2.75) is 13.0 Å². The van der Waals surface area contributed by atoms with Crippen LogP contribution < -0.4 is 5.73 Å². The first kappa shape index (κ1) is 12.3. The summed E-state index contributed by atoms with van der Waals surface area (Å²) in [5, 5.41) is 15.5. The van der Waals surface area contributed by atoms with Gasteiger partial charge in [0.2, 0.25) is 0 Å². The predicted octanol–water partition coefficient (Wildman–Crippen LogP) is -0.325. The monoisotopic (exact) mass is 161 g/mol. The molecule has 0 saturated carbocycles. The molecule has 11 heavy (non-hydrogen) atoms. The van der Waals surface area contributed by atoms with Crippen LogP contribution >= 0.6 is 0 Å². The molecule has 0 heterocycles. The van der Waals surface area contributed by atoms with E-state index in [1.165, 1.54) is 6.92 Å². The highest BCUT2D eigenvalue weighted by atomic mass is 16.4. The summed E-state index contributed by atoms with van der Waals surface area (Å²) in [7, 11) is 0. The summed E-state index contributed by atoms with van der Waals surface area (Å²) in [6.45, 7) is 4.38. The summed E-state index contributed by atoms with van der Waals surface area (Å²) in [5.41, 5.74) is 4.84. The van der Waals surface area contributed by atoms with Crippen molar-refractivity contribution in [3.8, 4) is 0 Å². The van der Waals surface area contributed by atoms with E-state index in [2.05, 4.69) is 6.58 Å². The lowest BCUT2D eigenvalue weighted by molar-refractivity contribution is -0.138. The molecule has 64 valence electrons. The Labute approximate surface area is 64.1 Å². The summed E-state index contributed by atoms with van der Waals surface area (Å²) in [4.78, 5) is 18.8. The maximum absolute atomic E-state index is 9.57. The van der Waals surface area contributed by atoms with Gasteiger partial charge in [0.15, 0.2) is 0 Å². The zero-order valence-corrected chi connectivity index (χ0v) is 6.15. The fraction of sp³-hybridized carbons (Fsp3) is 0.333. The lowest BCUT2D eigenvalue weighted by Gasteiger charge is -1.90. The van der Waals surface area contributed by atoms with Crippen LogP contribution in [0.5, 0.6) is 0 Å². The van der Waals surface area contributed by atoms with Crippen molar-refractivity contribution in [3.05, 3.63) is 12.7 Å². The van der Waals surface area contributed by atoms with Gasteiger partial charge in [-0.25, -0.2) is 4.79 Å². The molecule has 4 N–H and O–H groups in total. The van der Waals surface area contributed by atoms with Crippen molar-refractivity contribution in [1.29, 1.82) is 0 Å². The fourth-order valence-electron chi connectivity index (χ4n) is 0. The maximum Gasteiger partial charge on any atom is 0.327 e. The van der Waals surface area contributed by atoms with Crippen LogP contribution in [0.15, 0.2) is 12.7 Å². The van der Waals surface area contributed by atoms with Gasteiger partial charge in [-0.05, 0) is 6.92 Å². The molecule has 0 aliphatic heterocycles. The number of carbonyl (C=O) groups is 2. The van der Waals surface area contributed by atoms with Crippen molar-refractivity contribution in [3.63, 3.8) is 0 Å². The van der Waals surface area contributed by atoms with Crippen LogP contribution in [-0.2, 0) is 9.59 Å². The summed E-state index contributed by atoms with van der Waals surface area (Å²) < 4.78 is 0. The Morgan fingerprint density at radius 1 is 1.55 bits per heavy atom. The van der Waals surface area contributed by atoms with E-state index in [9.17, 15) is 9.59 Å². The van der Waals surface area contributed by atoms with Gasteiger partial charge in [0.25, 0.3) is 0 Å². The molecule has 0 aromatic carbocycles. The van der Waals surface area contributed by atoms with E-state index in [4.69, 9.17) is 15.9 Å². The smallest absolute Gasteiger partial charge is 0.327 e. The van der Waals surface area contributed by atoms with Crippen LogP contribution in [0.4, 0.5) is 0 Å². The Kier molecular flexibility index (Phi) is 7.57. The molecule has 1 atom stereocenters. The first-order chi connectivity index (χ1) is 4.91. The van der Waals surface area contributed by atoms with Crippen LogP contribution in [0, 0.1) is 0 Å². The van der Waals surface area contributed by atoms with Gasteiger partial charge in [-0.3, -0.25) is 4.79 Å². The number of rotatable bonds is 2. The Balaban J connectivity index is 0. The van der Waals surface area contributed by atoms with Gasteiger partial charge >= 0.3 is 11.9 Å². The zero-order chi connectivity index (χ0) is 9.44. The van der Waals surface area contributed by atoms with Crippen molar-refractivity contribution in [2.24, 2.45) is 5.73 Å². The van der Waals surface area contributed by atoms with Crippen molar-refractivity contribution >= 4 is 11.9 Å². The van der Waals surface area contributed by atoms with Gasteiger partial charge in [-0.15, -0.1) is 0 Å². The molecule has 5 nitrogen and oxygen atoms in total. The molecular formula is C6H11NO4. The molecule has 0 aromatic heterocycles. The number of carboxylic acids is 2. The topological polar surface area (TPSA) is 101 Å². The van der Waals surface area contributed by atoms with Gasteiger partial charge in [-0.2, -0.15) is 0 Å². The molecule has 0 fully saturated rings. The highest BCUT2D eigenvalue weighted by molar-refractivity contribution is 5.78. The van der Waals surface area contributed by atoms with Crippen LogP contribution in [0.1, 0.15) is 6.92 Å². The summed E-state index contributed by atoms with van der Waals surface area (Å²) in [5.74, 6) is -1.94. The van der Waals surface area contributed by atoms with Crippen molar-refractivity contribution in [1.82, 2.24) is 0 Å². The number of nitrogens with two attached hydrogens (primary N) is 1. The lowest BCUT2D eigenvalue weighted by atomic mass is 10.4. The summed E-state index contributed by atoms with van der Waals surface area (Å²) in [6, 6.07) is -0.731. The van der Waals surface area contributed by atoms with Gasteiger partial charge < -0.3 is 15.9 Å². The van der Waals surface area contributed by atoms with Crippen LogP contribution in [-0.4, -0.2) is 28.2 Å². The lowest BCUT2D eigenvalue weighted by Crippen LogP contribution is -2.25. The third kappa shape index (κ3) is 17.7. The second-order valence-corrected chi connectivity index (χ2v) is 1.67. The molecule has 0 radical (unpaired) electrons. The highest BCUT2D eigenvalue weighted by Crippen LogP contribution is 1.68. The molecule has 0 saturated heterocycles. The van der Waals surface area contributed by atoms with Crippen molar-refractivity contribution < 1.29 is 19.8 Å². The minimum atomic E-state index is -0.981. The van der Waals surface area contributed by atoms with Gasteiger partial charge in [0, 0.05) is 6.08 Å². The predicted molar refractivity (Wildman–Crippen MR) is 39.1 cm³/mol. The average Bonchev–Trinajstić information content (AvgIpc) is 1.89. The second-order valence-electron chi connectivity index (χ2n) is 1.67. The number of hydrogen-bond donors (Lipinski definition) is 3. The molecule has 0 rings (SSSR count). The van der Waals surface area contributed by atoms with E-state index in [1.807, 2.05) is 0 Å². The molecule has 0 spiro atoms. The maximum atomic E-state index is 9.57. The van der Waals surface area contributed by atoms with E-state index in [0.717, 1.165) is 6.08 Å². The van der Waals surface area contributed by atoms with Gasteiger partial charge in [0.1, 0.15) is 6.04 Å². The van der Waals surface area contributed by atoms with E-state index < -0.39 is 18.0 Å². The fourth-order valence-corrected chi connectivity index (χ4v) is 0. The van der Waals surface area contributed by atoms with E-state index in [-0.39, 0.29) is 0 Å². The van der Waals surface area contributed by atoms with Gasteiger partial charge in [0.05, 0.1) is 0 Å². The van der Waals surface area contributed by atoms with E-state index in [1.54, 1.807) is 0 Å². The molecule has 0 bridgehead atoms. The average molecular weight is 161 g/mol. The number of hydrogen-bond acceptors (Lipinski definition) is 3. The molecule has 0 aliphatic rings. The SMILES string of the molecule is C=CC(=O)O.C[C@H](N)C(=O)O. The molecule has 0 unspecified atom stereocenters. The third-order valence-electron chi connectivity index (χ3n) is 0.564. The van der Waals surface area contributed by atoms with Crippen LogP contribution in [0.3, 0.4) is 0 Å².